The van der Waals surface area contributed by atoms with Crippen LogP contribution in [0.1, 0.15) is 44.2 Å². The average molecular weight is 342 g/mol. The monoisotopic (exact) mass is 342 g/mol. The number of nitriles is 1. The molecule has 130 valence electrons. The number of anilines is 2. The summed E-state index contributed by atoms with van der Waals surface area (Å²) >= 11 is 0. The van der Waals surface area contributed by atoms with E-state index in [0.29, 0.717) is 17.9 Å². The van der Waals surface area contributed by atoms with Crippen LogP contribution in [0.25, 0.3) is 10.9 Å². The first kappa shape index (κ1) is 15.8. The van der Waals surface area contributed by atoms with E-state index in [4.69, 9.17) is 10.5 Å². The molecule has 1 fully saturated rings. The molecule has 1 aliphatic carbocycles. The molecule has 25 heavy (non-hydrogen) atoms. The van der Waals surface area contributed by atoms with Gasteiger partial charge in [0.2, 0.25) is 5.43 Å². The molecule has 0 spiro atoms. The number of nitrogens with two attached hydrogens (primary N) is 1. The van der Waals surface area contributed by atoms with Crippen LogP contribution in [-0.4, -0.2) is 17.2 Å². The first-order valence-corrected chi connectivity index (χ1v) is 8.52. The zero-order valence-electron chi connectivity index (χ0n) is 13.9. The highest BCUT2D eigenvalue weighted by Crippen LogP contribution is 2.44. The Balaban J connectivity index is 2.05. The summed E-state index contributed by atoms with van der Waals surface area (Å²) in [5, 5.41) is 12.5. The molecule has 1 aromatic carbocycles. The van der Waals surface area contributed by atoms with Crippen molar-refractivity contribution in [2.24, 2.45) is 0 Å². The lowest BCUT2D eigenvalue weighted by Crippen LogP contribution is -2.27. The quantitative estimate of drug-likeness (QED) is 0.819. The molecule has 0 radical (unpaired) electrons. The second-order valence-electron chi connectivity index (χ2n) is 6.83. The fourth-order valence-corrected chi connectivity index (χ4v) is 3.83. The van der Waals surface area contributed by atoms with Crippen molar-refractivity contribution >= 4 is 22.3 Å². The molecule has 4 rings (SSSR count). The van der Waals surface area contributed by atoms with E-state index in [1.165, 1.54) is 6.20 Å². The second-order valence-corrected chi connectivity index (χ2v) is 6.83. The van der Waals surface area contributed by atoms with Gasteiger partial charge in [0.05, 0.1) is 22.6 Å². The summed E-state index contributed by atoms with van der Waals surface area (Å²) in [6.07, 6.45) is 5.65. The van der Waals surface area contributed by atoms with Crippen molar-refractivity contribution in [1.82, 2.24) is 4.57 Å². The SMILES string of the molecule is C[C@H]1COc2c(NC3CCCC3)c(F)c(N)c3c(=O)c(C#N)cn1c23. The van der Waals surface area contributed by atoms with Crippen LogP contribution in [0, 0.1) is 17.1 Å². The summed E-state index contributed by atoms with van der Waals surface area (Å²) in [4.78, 5) is 12.6. The van der Waals surface area contributed by atoms with Crippen LogP contribution in [0.4, 0.5) is 15.8 Å². The molecular formula is C18H19FN4O2. The maximum Gasteiger partial charge on any atom is 0.209 e. The number of pyridine rings is 1. The Bertz CT molecular complexity index is 970. The Hall–Kier alpha value is -2.75. The molecule has 2 aromatic rings. The van der Waals surface area contributed by atoms with Crippen LogP contribution >= 0.6 is 0 Å². The van der Waals surface area contributed by atoms with Gasteiger partial charge in [-0.2, -0.15) is 5.26 Å². The average Bonchev–Trinajstić information content (AvgIpc) is 3.11. The second kappa shape index (κ2) is 5.66. The fraction of sp³-hybridized carbons (Fsp3) is 0.444. The predicted octanol–water partition coefficient (Wildman–Crippen LogP) is 2.90. The third-order valence-electron chi connectivity index (χ3n) is 5.17. The first-order chi connectivity index (χ1) is 12.0. The van der Waals surface area contributed by atoms with Gasteiger partial charge in [0.25, 0.3) is 0 Å². The molecular weight excluding hydrogens is 323 g/mol. The normalized spacial score (nSPS) is 19.6. The Morgan fingerprint density at radius 2 is 2.16 bits per heavy atom. The molecule has 0 bridgehead atoms. The highest BCUT2D eigenvalue weighted by atomic mass is 19.1. The number of aromatic nitrogens is 1. The summed E-state index contributed by atoms with van der Waals surface area (Å²) in [6, 6.07) is 1.96. The first-order valence-electron chi connectivity index (χ1n) is 8.52. The maximum atomic E-state index is 15.0. The van der Waals surface area contributed by atoms with E-state index in [0.717, 1.165) is 25.7 Å². The summed E-state index contributed by atoms with van der Waals surface area (Å²) in [5.41, 5.74) is 5.84. The van der Waals surface area contributed by atoms with Gasteiger partial charge in [-0.3, -0.25) is 4.79 Å². The number of rotatable bonds is 2. The Morgan fingerprint density at radius 3 is 2.84 bits per heavy atom. The molecule has 0 amide bonds. The van der Waals surface area contributed by atoms with Crippen LogP contribution < -0.4 is 21.2 Å². The van der Waals surface area contributed by atoms with Gasteiger partial charge >= 0.3 is 0 Å². The number of hydrogen-bond acceptors (Lipinski definition) is 5. The maximum absolute atomic E-state index is 15.0. The zero-order chi connectivity index (χ0) is 17.7. The van der Waals surface area contributed by atoms with Gasteiger partial charge in [0, 0.05) is 12.2 Å². The van der Waals surface area contributed by atoms with E-state index in [2.05, 4.69) is 5.32 Å². The molecule has 1 aromatic heterocycles. The van der Waals surface area contributed by atoms with Crippen molar-refractivity contribution in [1.29, 1.82) is 5.26 Å². The summed E-state index contributed by atoms with van der Waals surface area (Å²) in [6.45, 7) is 2.25. The molecule has 6 nitrogen and oxygen atoms in total. The summed E-state index contributed by atoms with van der Waals surface area (Å²) in [5.74, 6) is -0.365. The smallest absolute Gasteiger partial charge is 0.209 e. The van der Waals surface area contributed by atoms with Crippen LogP contribution in [0.3, 0.4) is 0 Å². The molecule has 0 unspecified atom stereocenters. The van der Waals surface area contributed by atoms with E-state index in [1.807, 2.05) is 13.0 Å². The van der Waals surface area contributed by atoms with Gasteiger partial charge in [-0.1, -0.05) is 12.8 Å². The van der Waals surface area contributed by atoms with E-state index in [-0.39, 0.29) is 34.4 Å². The van der Waals surface area contributed by atoms with E-state index in [1.54, 1.807) is 4.57 Å². The van der Waals surface area contributed by atoms with E-state index >= 15 is 4.39 Å². The Labute approximate surface area is 144 Å². The topological polar surface area (TPSA) is 93.1 Å². The van der Waals surface area contributed by atoms with Crippen molar-refractivity contribution in [2.45, 2.75) is 44.7 Å². The van der Waals surface area contributed by atoms with Gasteiger partial charge in [-0.15, -0.1) is 0 Å². The number of ether oxygens (including phenoxy) is 1. The number of nitrogens with one attached hydrogen (secondary N) is 1. The third kappa shape index (κ3) is 2.24. The molecule has 2 heterocycles. The molecule has 1 aliphatic heterocycles. The van der Waals surface area contributed by atoms with Gasteiger partial charge < -0.3 is 20.4 Å². The van der Waals surface area contributed by atoms with Gasteiger partial charge in [0.1, 0.15) is 23.9 Å². The largest absolute Gasteiger partial charge is 0.487 e. The van der Waals surface area contributed by atoms with Crippen molar-refractivity contribution < 1.29 is 9.13 Å². The number of hydrogen-bond donors (Lipinski definition) is 2. The lowest BCUT2D eigenvalue weighted by Gasteiger charge is -2.30. The minimum atomic E-state index is -0.678. The number of benzene rings is 1. The van der Waals surface area contributed by atoms with Gasteiger partial charge in [-0.25, -0.2) is 4.39 Å². The van der Waals surface area contributed by atoms with Gasteiger partial charge in [-0.05, 0) is 19.8 Å². The molecule has 1 saturated carbocycles. The Morgan fingerprint density at radius 1 is 1.44 bits per heavy atom. The lowest BCUT2D eigenvalue weighted by atomic mass is 10.0. The summed E-state index contributed by atoms with van der Waals surface area (Å²) < 4.78 is 22.6. The summed E-state index contributed by atoms with van der Waals surface area (Å²) in [7, 11) is 0. The Kier molecular flexibility index (Phi) is 3.57. The van der Waals surface area contributed by atoms with Crippen LogP contribution in [0.2, 0.25) is 0 Å². The highest BCUT2D eigenvalue weighted by Gasteiger charge is 2.30. The van der Waals surface area contributed by atoms with Crippen molar-refractivity contribution in [3.8, 4) is 11.8 Å². The lowest BCUT2D eigenvalue weighted by molar-refractivity contribution is 0.247. The molecule has 3 N–H and O–H groups in total. The number of nitrogen functional groups attached to an aromatic ring is 1. The van der Waals surface area contributed by atoms with Crippen molar-refractivity contribution in [3.05, 3.63) is 27.8 Å². The molecule has 0 saturated heterocycles. The van der Waals surface area contributed by atoms with Crippen molar-refractivity contribution in [3.63, 3.8) is 0 Å². The minimum Gasteiger partial charge on any atom is -0.487 e. The van der Waals surface area contributed by atoms with Crippen LogP contribution in [-0.2, 0) is 0 Å². The highest BCUT2D eigenvalue weighted by molar-refractivity contribution is 6.00. The van der Waals surface area contributed by atoms with Gasteiger partial charge in [0.15, 0.2) is 11.6 Å². The van der Waals surface area contributed by atoms with Crippen LogP contribution in [0.5, 0.6) is 5.75 Å². The van der Waals surface area contributed by atoms with Crippen LogP contribution in [0.15, 0.2) is 11.0 Å². The number of nitrogens with zero attached hydrogens (tertiary/aromatic N) is 2. The fourth-order valence-electron chi connectivity index (χ4n) is 3.83. The standard InChI is InChI=1S/C18H19FN4O2/c1-9-8-25-18-15(22-11-4-2-3-5-11)13(19)14(21)12-16(18)23(9)7-10(6-20)17(12)24/h7,9,11,22H,2-5,8,21H2,1H3/t9-/m0/s1. The third-order valence-corrected chi connectivity index (χ3v) is 5.17. The zero-order valence-corrected chi connectivity index (χ0v) is 13.9. The molecule has 1 atom stereocenters. The van der Waals surface area contributed by atoms with E-state index < -0.39 is 11.2 Å². The number of halogens is 1. The van der Waals surface area contributed by atoms with E-state index in [9.17, 15) is 10.1 Å². The molecule has 2 aliphatic rings. The van der Waals surface area contributed by atoms with Crippen molar-refractivity contribution in [2.75, 3.05) is 17.7 Å². The molecule has 7 heteroatoms. The predicted molar refractivity (Wildman–Crippen MR) is 93.4 cm³/mol. The minimum absolute atomic E-state index is 0.0232.